The van der Waals surface area contributed by atoms with Crippen LogP contribution in [0.15, 0.2) is 48.5 Å². The van der Waals surface area contributed by atoms with E-state index in [1.54, 1.807) is 12.1 Å². The molecule has 2 aromatic carbocycles. The highest BCUT2D eigenvalue weighted by molar-refractivity contribution is 5.88. The lowest BCUT2D eigenvalue weighted by Gasteiger charge is -2.18. The van der Waals surface area contributed by atoms with Gasteiger partial charge in [0.25, 0.3) is 5.91 Å². The Hall–Kier alpha value is -3.03. The summed E-state index contributed by atoms with van der Waals surface area (Å²) in [6.45, 7) is 3.11. The molecule has 0 radical (unpaired) electrons. The number of benzene rings is 2. The number of nitrogens with one attached hydrogen (secondary N) is 2. The van der Waals surface area contributed by atoms with Crippen LogP contribution in [0.2, 0.25) is 0 Å². The number of hydrogen-bond acceptors (Lipinski definition) is 3. The Morgan fingerprint density at radius 1 is 1.07 bits per heavy atom. The summed E-state index contributed by atoms with van der Waals surface area (Å²) in [4.78, 5) is 23.1. The second-order valence-electron chi connectivity index (χ2n) is 6.17. The van der Waals surface area contributed by atoms with Gasteiger partial charge >= 0.3 is 6.18 Å². The maximum atomic E-state index is 13.0. The van der Waals surface area contributed by atoms with Gasteiger partial charge < -0.3 is 15.4 Å². The van der Waals surface area contributed by atoms with Crippen LogP contribution >= 0.6 is 0 Å². The van der Waals surface area contributed by atoms with Crippen molar-refractivity contribution in [3.63, 3.8) is 0 Å². The summed E-state index contributed by atoms with van der Waals surface area (Å²) < 4.78 is 44.2. The van der Waals surface area contributed by atoms with E-state index < -0.39 is 23.8 Å². The van der Waals surface area contributed by atoms with Crippen LogP contribution in [0.4, 0.5) is 18.9 Å². The first kappa shape index (κ1) is 21.3. The second kappa shape index (κ2) is 9.25. The highest BCUT2D eigenvalue weighted by atomic mass is 19.4. The Bertz CT molecular complexity index is 820. The number of anilines is 1. The maximum absolute atomic E-state index is 13.0. The van der Waals surface area contributed by atoms with Crippen LogP contribution in [-0.2, 0) is 22.2 Å². The molecule has 8 heteroatoms. The standard InChI is InChI=1S/C20H21F3N2O3/c1-13(28-18-6-4-3-5-17(18)20(21,22)23)19(27)24-12-11-15-7-9-16(10-8-15)25-14(2)26/h3-10,13H,11-12H2,1-2H3,(H,24,27)(H,25,26). The Kier molecular flexibility index (Phi) is 7.03. The molecule has 0 aromatic heterocycles. The van der Waals surface area contributed by atoms with E-state index in [9.17, 15) is 22.8 Å². The van der Waals surface area contributed by atoms with Gasteiger partial charge in [-0.2, -0.15) is 13.2 Å². The van der Waals surface area contributed by atoms with Crippen molar-refractivity contribution in [3.05, 3.63) is 59.7 Å². The third kappa shape index (κ3) is 6.29. The Labute approximate surface area is 160 Å². The average Bonchev–Trinajstić information content (AvgIpc) is 2.62. The summed E-state index contributed by atoms with van der Waals surface area (Å²) in [5, 5.41) is 5.30. The fourth-order valence-corrected chi connectivity index (χ4v) is 2.48. The summed E-state index contributed by atoms with van der Waals surface area (Å²) in [7, 11) is 0. The number of carbonyl (C=O) groups excluding carboxylic acids is 2. The van der Waals surface area contributed by atoms with Crippen molar-refractivity contribution in [1.82, 2.24) is 5.32 Å². The van der Waals surface area contributed by atoms with Gasteiger partial charge in [-0.05, 0) is 43.2 Å². The number of carbonyl (C=O) groups is 2. The van der Waals surface area contributed by atoms with Gasteiger partial charge in [0.05, 0.1) is 5.56 Å². The minimum atomic E-state index is -4.56. The lowest BCUT2D eigenvalue weighted by molar-refractivity contribution is -0.140. The lowest BCUT2D eigenvalue weighted by atomic mass is 10.1. The number of alkyl halides is 3. The van der Waals surface area contributed by atoms with Crippen LogP contribution in [0.1, 0.15) is 25.0 Å². The van der Waals surface area contributed by atoms with Crippen LogP contribution in [-0.4, -0.2) is 24.5 Å². The van der Waals surface area contributed by atoms with E-state index in [4.69, 9.17) is 4.74 Å². The molecule has 150 valence electrons. The molecule has 2 aromatic rings. The van der Waals surface area contributed by atoms with Gasteiger partial charge in [-0.1, -0.05) is 24.3 Å². The van der Waals surface area contributed by atoms with E-state index in [0.29, 0.717) is 18.7 Å². The zero-order chi connectivity index (χ0) is 20.7. The molecule has 1 unspecified atom stereocenters. The molecule has 2 N–H and O–H groups in total. The van der Waals surface area contributed by atoms with Crippen LogP contribution in [0, 0.1) is 0 Å². The van der Waals surface area contributed by atoms with Crippen molar-refractivity contribution >= 4 is 17.5 Å². The van der Waals surface area contributed by atoms with E-state index in [1.165, 1.54) is 32.0 Å². The summed E-state index contributed by atoms with van der Waals surface area (Å²) in [5.41, 5.74) is 0.685. The largest absolute Gasteiger partial charge is 0.480 e. The quantitative estimate of drug-likeness (QED) is 0.751. The Morgan fingerprint density at radius 2 is 1.71 bits per heavy atom. The molecule has 2 amide bonds. The topological polar surface area (TPSA) is 67.4 Å². The maximum Gasteiger partial charge on any atom is 0.419 e. The molecule has 0 fully saturated rings. The smallest absolute Gasteiger partial charge is 0.419 e. The second-order valence-corrected chi connectivity index (χ2v) is 6.17. The predicted molar refractivity (Wildman–Crippen MR) is 99.0 cm³/mol. The van der Waals surface area contributed by atoms with Crippen molar-refractivity contribution < 1.29 is 27.5 Å². The van der Waals surface area contributed by atoms with Crippen LogP contribution in [0.5, 0.6) is 5.75 Å². The third-order valence-electron chi connectivity index (χ3n) is 3.85. The van der Waals surface area contributed by atoms with E-state index in [2.05, 4.69) is 10.6 Å². The summed E-state index contributed by atoms with van der Waals surface area (Å²) in [5.74, 6) is -1.06. The van der Waals surface area contributed by atoms with Gasteiger partial charge in [0.15, 0.2) is 6.10 Å². The molecule has 0 bridgehead atoms. The highest BCUT2D eigenvalue weighted by Crippen LogP contribution is 2.36. The molecule has 1 atom stereocenters. The first-order valence-corrected chi connectivity index (χ1v) is 8.64. The molecule has 0 aliphatic rings. The third-order valence-corrected chi connectivity index (χ3v) is 3.85. The molecule has 0 heterocycles. The monoisotopic (exact) mass is 394 g/mol. The number of ether oxygens (including phenoxy) is 1. The highest BCUT2D eigenvalue weighted by Gasteiger charge is 2.34. The van der Waals surface area contributed by atoms with E-state index >= 15 is 0 Å². The Balaban J connectivity index is 1.86. The molecular formula is C20H21F3N2O3. The molecule has 0 saturated carbocycles. The summed E-state index contributed by atoms with van der Waals surface area (Å²) >= 11 is 0. The molecule has 0 aliphatic carbocycles. The van der Waals surface area contributed by atoms with E-state index in [1.807, 2.05) is 12.1 Å². The average molecular weight is 394 g/mol. The van der Waals surface area contributed by atoms with Crippen molar-refractivity contribution in [2.24, 2.45) is 0 Å². The van der Waals surface area contributed by atoms with Crippen molar-refractivity contribution in [2.45, 2.75) is 32.5 Å². The minimum Gasteiger partial charge on any atom is -0.480 e. The van der Waals surface area contributed by atoms with Crippen molar-refractivity contribution in [3.8, 4) is 5.75 Å². The number of rotatable bonds is 7. The van der Waals surface area contributed by atoms with E-state index in [0.717, 1.165) is 11.6 Å². The van der Waals surface area contributed by atoms with E-state index in [-0.39, 0.29) is 11.7 Å². The first-order chi connectivity index (χ1) is 13.2. The van der Waals surface area contributed by atoms with Gasteiger partial charge in [0.2, 0.25) is 5.91 Å². The zero-order valence-corrected chi connectivity index (χ0v) is 15.5. The van der Waals surface area contributed by atoms with Gasteiger partial charge in [-0.25, -0.2) is 0 Å². The molecule has 5 nitrogen and oxygen atoms in total. The van der Waals surface area contributed by atoms with Crippen LogP contribution in [0.25, 0.3) is 0 Å². The van der Waals surface area contributed by atoms with Crippen molar-refractivity contribution in [2.75, 3.05) is 11.9 Å². The molecular weight excluding hydrogens is 373 g/mol. The predicted octanol–water partition coefficient (Wildman–Crippen LogP) is 3.79. The Morgan fingerprint density at radius 3 is 2.32 bits per heavy atom. The number of amides is 2. The van der Waals surface area contributed by atoms with Gasteiger partial charge in [-0.3, -0.25) is 9.59 Å². The fraction of sp³-hybridized carbons (Fsp3) is 0.300. The van der Waals surface area contributed by atoms with Crippen molar-refractivity contribution in [1.29, 1.82) is 0 Å². The molecule has 0 saturated heterocycles. The van der Waals surface area contributed by atoms with Crippen LogP contribution < -0.4 is 15.4 Å². The van der Waals surface area contributed by atoms with Crippen LogP contribution in [0.3, 0.4) is 0 Å². The summed E-state index contributed by atoms with van der Waals surface area (Å²) in [6, 6.07) is 11.9. The fourth-order valence-electron chi connectivity index (χ4n) is 2.48. The first-order valence-electron chi connectivity index (χ1n) is 8.64. The molecule has 0 aliphatic heterocycles. The lowest BCUT2D eigenvalue weighted by Crippen LogP contribution is -2.37. The SMILES string of the molecule is CC(=O)Nc1ccc(CCNC(=O)C(C)Oc2ccccc2C(F)(F)F)cc1. The molecule has 28 heavy (non-hydrogen) atoms. The normalized spacial score (nSPS) is 12.2. The number of hydrogen-bond donors (Lipinski definition) is 2. The number of para-hydroxylation sites is 1. The minimum absolute atomic E-state index is 0.166. The van der Waals surface area contributed by atoms with Gasteiger partial charge in [0.1, 0.15) is 5.75 Å². The summed E-state index contributed by atoms with van der Waals surface area (Å²) in [6.07, 6.45) is -5.11. The van der Waals surface area contributed by atoms with Gasteiger partial charge in [-0.15, -0.1) is 0 Å². The van der Waals surface area contributed by atoms with Gasteiger partial charge in [0, 0.05) is 19.2 Å². The molecule has 2 rings (SSSR count). The molecule has 0 spiro atoms. The zero-order valence-electron chi connectivity index (χ0n) is 15.5. The number of halogens is 3.